The number of carbonyl (C=O) groups is 1. The number of thioether (sulfide) groups is 1. The van der Waals surface area contributed by atoms with Gasteiger partial charge in [0.2, 0.25) is 0 Å². The van der Waals surface area contributed by atoms with Gasteiger partial charge in [0.25, 0.3) is 0 Å². The van der Waals surface area contributed by atoms with Gasteiger partial charge >= 0.3 is 11.7 Å². The molecule has 114 valence electrons. The topological polar surface area (TPSA) is 103 Å². The minimum Gasteiger partial charge on any atom is -0.465 e. The zero-order valence-corrected chi connectivity index (χ0v) is 13.0. The molecule has 0 aromatic carbocycles. The summed E-state index contributed by atoms with van der Waals surface area (Å²) in [5, 5.41) is 7.01. The van der Waals surface area contributed by atoms with E-state index in [1.54, 1.807) is 18.4 Å². The number of aromatic nitrogens is 3. The lowest BCUT2D eigenvalue weighted by Gasteiger charge is -2.21. The van der Waals surface area contributed by atoms with Crippen LogP contribution in [0.25, 0.3) is 0 Å². The van der Waals surface area contributed by atoms with Crippen LogP contribution in [0.4, 0.5) is 0 Å². The van der Waals surface area contributed by atoms with Crippen LogP contribution in [-0.4, -0.2) is 38.6 Å². The molecular weight excluding hydrogens is 280 g/mol. The predicted molar refractivity (Wildman–Crippen MR) is 77.7 cm³/mol. The number of ether oxygens (including phenoxy) is 1. The molecule has 0 aliphatic carbocycles. The van der Waals surface area contributed by atoms with E-state index in [-0.39, 0.29) is 5.69 Å². The smallest absolute Gasteiger partial charge is 0.343 e. The van der Waals surface area contributed by atoms with Crippen molar-refractivity contribution in [3.8, 4) is 0 Å². The van der Waals surface area contributed by atoms with E-state index in [0.29, 0.717) is 30.5 Å². The molecule has 1 unspecified atom stereocenters. The number of hydrogen-bond acceptors (Lipinski definition) is 6. The molecule has 0 fully saturated rings. The molecule has 20 heavy (non-hydrogen) atoms. The van der Waals surface area contributed by atoms with Crippen LogP contribution >= 0.6 is 11.8 Å². The fraction of sp³-hybridized carbons (Fsp3) is 0.750. The second-order valence-electron chi connectivity index (χ2n) is 4.70. The molecule has 0 spiro atoms. The summed E-state index contributed by atoms with van der Waals surface area (Å²) in [5.74, 6) is 0.174. The standard InChI is InChI=1S/C12H22N4O3S/c1-4-7-16-10(18)14-15-11(16)20-8-6-12(3,13)9(17)19-5-2/h4-8,13H2,1-3H3,(H,14,18). The molecule has 1 rings (SSSR count). The molecule has 1 atom stereocenters. The van der Waals surface area contributed by atoms with Crippen molar-refractivity contribution in [3.05, 3.63) is 10.5 Å². The highest BCUT2D eigenvalue weighted by Gasteiger charge is 2.29. The number of nitrogens with two attached hydrogens (primary N) is 1. The van der Waals surface area contributed by atoms with E-state index in [0.717, 1.165) is 6.42 Å². The number of hydrogen-bond donors (Lipinski definition) is 2. The number of nitrogens with one attached hydrogen (secondary N) is 1. The summed E-state index contributed by atoms with van der Waals surface area (Å²) in [6, 6.07) is 0. The molecule has 0 radical (unpaired) electrons. The van der Waals surface area contributed by atoms with Crippen molar-refractivity contribution in [2.45, 2.75) is 50.9 Å². The lowest BCUT2D eigenvalue weighted by Crippen LogP contribution is -2.46. The van der Waals surface area contributed by atoms with Crippen LogP contribution in [0.15, 0.2) is 9.95 Å². The Labute approximate surface area is 122 Å². The predicted octanol–water partition coefficient (Wildman–Crippen LogP) is 0.744. The molecule has 1 aromatic heterocycles. The number of H-pyrrole nitrogens is 1. The van der Waals surface area contributed by atoms with Gasteiger partial charge in [-0.15, -0.1) is 5.10 Å². The maximum Gasteiger partial charge on any atom is 0.343 e. The lowest BCUT2D eigenvalue weighted by molar-refractivity contribution is -0.149. The largest absolute Gasteiger partial charge is 0.465 e. The van der Waals surface area contributed by atoms with Crippen molar-refractivity contribution in [2.24, 2.45) is 5.73 Å². The second-order valence-corrected chi connectivity index (χ2v) is 5.76. The maximum atomic E-state index is 11.6. The number of carbonyl (C=O) groups excluding carboxylic acids is 1. The number of nitrogens with zero attached hydrogens (tertiary/aromatic N) is 2. The van der Waals surface area contributed by atoms with Crippen molar-refractivity contribution in [2.75, 3.05) is 12.4 Å². The van der Waals surface area contributed by atoms with Crippen molar-refractivity contribution >= 4 is 17.7 Å². The van der Waals surface area contributed by atoms with E-state index < -0.39 is 11.5 Å². The molecule has 0 saturated carbocycles. The quantitative estimate of drug-likeness (QED) is 0.542. The van der Waals surface area contributed by atoms with Crippen LogP contribution in [-0.2, 0) is 16.1 Å². The molecule has 0 amide bonds. The van der Waals surface area contributed by atoms with Crippen LogP contribution in [0, 0.1) is 0 Å². The van der Waals surface area contributed by atoms with Crippen molar-refractivity contribution < 1.29 is 9.53 Å². The summed E-state index contributed by atoms with van der Waals surface area (Å²) in [4.78, 5) is 23.2. The Bertz CT molecular complexity index is 495. The van der Waals surface area contributed by atoms with E-state index in [2.05, 4.69) is 10.2 Å². The third kappa shape index (κ3) is 4.38. The maximum absolute atomic E-state index is 11.6. The summed E-state index contributed by atoms with van der Waals surface area (Å²) in [7, 11) is 0. The second kappa shape index (κ2) is 7.49. The molecule has 0 bridgehead atoms. The van der Waals surface area contributed by atoms with Gasteiger partial charge in [0.15, 0.2) is 5.16 Å². The first-order valence-corrected chi connectivity index (χ1v) is 7.65. The van der Waals surface area contributed by atoms with Crippen LogP contribution < -0.4 is 11.4 Å². The van der Waals surface area contributed by atoms with Gasteiger partial charge in [0, 0.05) is 12.3 Å². The SMILES string of the molecule is CCCn1c(SCCC(C)(N)C(=O)OCC)n[nH]c1=O. The van der Waals surface area contributed by atoms with Gasteiger partial charge in [-0.25, -0.2) is 9.89 Å². The molecule has 0 aliphatic heterocycles. The number of rotatable bonds is 8. The van der Waals surface area contributed by atoms with E-state index in [1.165, 1.54) is 11.8 Å². The molecule has 0 aliphatic rings. The van der Waals surface area contributed by atoms with Crippen molar-refractivity contribution in [3.63, 3.8) is 0 Å². The first-order valence-electron chi connectivity index (χ1n) is 6.66. The third-order valence-corrected chi connectivity index (χ3v) is 3.74. The zero-order valence-electron chi connectivity index (χ0n) is 12.1. The van der Waals surface area contributed by atoms with E-state index in [4.69, 9.17) is 10.5 Å². The Kier molecular flexibility index (Phi) is 6.28. The normalized spacial score (nSPS) is 14.0. The first kappa shape index (κ1) is 16.8. The van der Waals surface area contributed by atoms with E-state index in [9.17, 15) is 9.59 Å². The third-order valence-electron chi connectivity index (χ3n) is 2.76. The minimum atomic E-state index is -1.02. The van der Waals surface area contributed by atoms with Crippen LogP contribution in [0.2, 0.25) is 0 Å². The Morgan fingerprint density at radius 2 is 2.25 bits per heavy atom. The molecular formula is C12H22N4O3S. The monoisotopic (exact) mass is 302 g/mol. The van der Waals surface area contributed by atoms with Crippen molar-refractivity contribution in [1.82, 2.24) is 14.8 Å². The average Bonchev–Trinajstić information content (AvgIpc) is 2.72. The Hall–Kier alpha value is -1.28. The van der Waals surface area contributed by atoms with Gasteiger partial charge in [-0.2, -0.15) is 0 Å². The molecule has 3 N–H and O–H groups in total. The average molecular weight is 302 g/mol. The summed E-state index contributed by atoms with van der Waals surface area (Å²) < 4.78 is 6.51. The van der Waals surface area contributed by atoms with Gasteiger partial charge in [-0.3, -0.25) is 9.36 Å². The van der Waals surface area contributed by atoms with Crippen LogP contribution in [0.3, 0.4) is 0 Å². The molecule has 7 nitrogen and oxygen atoms in total. The van der Waals surface area contributed by atoms with Gasteiger partial charge in [0.05, 0.1) is 6.61 Å². The van der Waals surface area contributed by atoms with E-state index in [1.807, 2.05) is 6.92 Å². The summed E-state index contributed by atoms with van der Waals surface area (Å²) in [6.45, 7) is 6.32. The lowest BCUT2D eigenvalue weighted by atomic mass is 10.0. The molecule has 8 heteroatoms. The van der Waals surface area contributed by atoms with Gasteiger partial charge in [-0.05, 0) is 26.7 Å². The highest BCUT2D eigenvalue weighted by molar-refractivity contribution is 7.99. The summed E-state index contributed by atoms with van der Waals surface area (Å²) >= 11 is 1.40. The minimum absolute atomic E-state index is 0.213. The summed E-state index contributed by atoms with van der Waals surface area (Å²) in [6.07, 6.45) is 1.30. The fourth-order valence-electron chi connectivity index (χ4n) is 1.59. The van der Waals surface area contributed by atoms with Crippen LogP contribution in [0.5, 0.6) is 0 Å². The van der Waals surface area contributed by atoms with Crippen molar-refractivity contribution in [1.29, 1.82) is 0 Å². The van der Waals surface area contributed by atoms with Gasteiger partial charge in [0.1, 0.15) is 5.54 Å². The fourth-order valence-corrected chi connectivity index (χ4v) is 2.74. The highest BCUT2D eigenvalue weighted by atomic mass is 32.2. The van der Waals surface area contributed by atoms with Gasteiger partial charge in [-0.1, -0.05) is 18.7 Å². The highest BCUT2D eigenvalue weighted by Crippen LogP contribution is 2.19. The Morgan fingerprint density at radius 1 is 1.55 bits per heavy atom. The molecule has 1 aromatic rings. The van der Waals surface area contributed by atoms with Gasteiger partial charge < -0.3 is 10.5 Å². The molecule has 1 heterocycles. The molecule has 0 saturated heterocycles. The van der Waals surface area contributed by atoms with Crippen LogP contribution in [0.1, 0.15) is 33.6 Å². The number of esters is 1. The zero-order chi connectivity index (χ0) is 15.2. The number of aromatic amines is 1. The first-order chi connectivity index (χ1) is 9.42. The summed E-state index contributed by atoms with van der Waals surface area (Å²) in [5.41, 5.74) is 4.70. The Morgan fingerprint density at radius 3 is 2.85 bits per heavy atom. The Balaban J connectivity index is 2.56. The van der Waals surface area contributed by atoms with E-state index >= 15 is 0 Å².